The van der Waals surface area contributed by atoms with Crippen LogP contribution in [0.25, 0.3) is 0 Å². The highest BCUT2D eigenvalue weighted by molar-refractivity contribution is 7.13. The molecule has 0 aliphatic rings. The van der Waals surface area contributed by atoms with Crippen LogP contribution in [-0.2, 0) is 4.79 Å². The molecule has 4 nitrogen and oxygen atoms in total. The highest BCUT2D eigenvalue weighted by atomic mass is 32.1. The predicted octanol–water partition coefficient (Wildman–Crippen LogP) is 3.28. The molecule has 0 unspecified atom stereocenters. The topological polar surface area (TPSA) is 54.0 Å². The maximum Gasteiger partial charge on any atom is 0.248 e. The van der Waals surface area contributed by atoms with E-state index in [0.29, 0.717) is 11.6 Å². The van der Waals surface area contributed by atoms with Gasteiger partial charge in [0.15, 0.2) is 5.13 Å². The molecule has 100 valence electrons. The summed E-state index contributed by atoms with van der Waals surface area (Å²) in [7, 11) is 0. The Morgan fingerprint density at radius 3 is 2.84 bits per heavy atom. The van der Waals surface area contributed by atoms with Gasteiger partial charge in [0.25, 0.3) is 0 Å². The van der Waals surface area contributed by atoms with E-state index in [1.165, 1.54) is 11.3 Å². The molecule has 1 amide bonds. The van der Waals surface area contributed by atoms with E-state index in [1.54, 1.807) is 6.20 Å². The number of benzene rings is 1. The summed E-state index contributed by atoms with van der Waals surface area (Å²) in [5, 5.41) is 8.57. The van der Waals surface area contributed by atoms with E-state index < -0.39 is 0 Å². The Morgan fingerprint density at radius 2 is 2.21 bits per heavy atom. The second-order valence-electron chi connectivity index (χ2n) is 4.25. The normalized spacial score (nSPS) is 11.9. The number of carbonyl (C=O) groups is 1. The zero-order chi connectivity index (χ0) is 13.7. The molecule has 0 aliphatic heterocycles. The van der Waals surface area contributed by atoms with Crippen LogP contribution in [0, 0.1) is 6.92 Å². The molecule has 19 heavy (non-hydrogen) atoms. The van der Waals surface area contributed by atoms with Crippen LogP contribution in [0.15, 0.2) is 35.8 Å². The van der Waals surface area contributed by atoms with Gasteiger partial charge in [-0.25, -0.2) is 4.98 Å². The van der Waals surface area contributed by atoms with Crippen molar-refractivity contribution >= 4 is 28.1 Å². The highest BCUT2D eigenvalue weighted by Crippen LogP contribution is 2.17. The average molecular weight is 275 g/mol. The number of thiazole rings is 1. The number of para-hydroxylation sites is 1. The minimum atomic E-state index is -0.259. The van der Waals surface area contributed by atoms with Crippen molar-refractivity contribution in [2.45, 2.75) is 26.3 Å². The number of anilines is 2. The van der Waals surface area contributed by atoms with Crippen molar-refractivity contribution < 1.29 is 4.79 Å². The summed E-state index contributed by atoms with van der Waals surface area (Å²) < 4.78 is 0. The summed E-state index contributed by atoms with van der Waals surface area (Å²) in [6.45, 7) is 4.01. The van der Waals surface area contributed by atoms with E-state index in [4.69, 9.17) is 0 Å². The van der Waals surface area contributed by atoms with Gasteiger partial charge in [0.1, 0.15) is 6.04 Å². The summed E-state index contributed by atoms with van der Waals surface area (Å²) in [6, 6.07) is 7.69. The summed E-state index contributed by atoms with van der Waals surface area (Å²) in [6.07, 6.45) is 2.39. The van der Waals surface area contributed by atoms with Crippen LogP contribution in [-0.4, -0.2) is 16.9 Å². The molecule has 5 heteroatoms. The van der Waals surface area contributed by atoms with Crippen molar-refractivity contribution in [2.24, 2.45) is 0 Å². The Morgan fingerprint density at radius 1 is 1.42 bits per heavy atom. The minimum Gasteiger partial charge on any atom is -0.373 e. The van der Waals surface area contributed by atoms with Crippen LogP contribution in [0.1, 0.15) is 18.9 Å². The third kappa shape index (κ3) is 3.54. The molecule has 2 aromatic rings. The lowest BCUT2D eigenvalue weighted by molar-refractivity contribution is -0.116. The van der Waals surface area contributed by atoms with E-state index in [-0.39, 0.29) is 11.9 Å². The smallest absolute Gasteiger partial charge is 0.248 e. The van der Waals surface area contributed by atoms with Gasteiger partial charge in [-0.05, 0) is 25.0 Å². The monoisotopic (exact) mass is 275 g/mol. The maximum absolute atomic E-state index is 12.2. The van der Waals surface area contributed by atoms with Crippen LogP contribution in [0.5, 0.6) is 0 Å². The quantitative estimate of drug-likeness (QED) is 0.880. The molecule has 0 radical (unpaired) electrons. The van der Waals surface area contributed by atoms with Gasteiger partial charge in [0.2, 0.25) is 5.91 Å². The summed E-state index contributed by atoms with van der Waals surface area (Å²) in [5.41, 5.74) is 2.12. The first-order chi connectivity index (χ1) is 9.20. The van der Waals surface area contributed by atoms with E-state index in [1.807, 2.05) is 43.5 Å². The molecule has 1 aromatic carbocycles. The molecular formula is C14H17N3OS. The second-order valence-corrected chi connectivity index (χ2v) is 5.14. The van der Waals surface area contributed by atoms with Crippen LogP contribution in [0.2, 0.25) is 0 Å². The maximum atomic E-state index is 12.2. The molecule has 0 spiro atoms. The number of hydrogen-bond donors (Lipinski definition) is 2. The summed E-state index contributed by atoms with van der Waals surface area (Å²) in [5.74, 6) is -0.0549. The number of aryl methyl sites for hydroxylation is 1. The van der Waals surface area contributed by atoms with Crippen molar-refractivity contribution in [1.82, 2.24) is 4.98 Å². The number of amides is 1. The lowest BCUT2D eigenvalue weighted by Crippen LogP contribution is -2.34. The average Bonchev–Trinajstić information content (AvgIpc) is 2.90. The Kier molecular flexibility index (Phi) is 4.52. The van der Waals surface area contributed by atoms with Gasteiger partial charge < -0.3 is 10.6 Å². The van der Waals surface area contributed by atoms with Crippen LogP contribution >= 0.6 is 11.3 Å². The SMILES string of the molecule is CC[C@@H](Nc1ccccc1C)C(=O)Nc1nccs1. The molecule has 0 aliphatic carbocycles. The van der Waals surface area contributed by atoms with Gasteiger partial charge in [-0.2, -0.15) is 0 Å². The standard InChI is InChI=1S/C14H17N3OS/c1-3-11(13(18)17-14-15-8-9-19-14)16-12-7-5-4-6-10(12)2/h4-9,11,16H,3H2,1-2H3,(H,15,17,18)/t11-/m1/s1. The fraction of sp³-hybridized carbons (Fsp3) is 0.286. The van der Waals surface area contributed by atoms with Gasteiger partial charge in [-0.15, -0.1) is 11.3 Å². The Bertz CT molecular complexity index is 539. The van der Waals surface area contributed by atoms with E-state index in [2.05, 4.69) is 15.6 Å². The van der Waals surface area contributed by atoms with Crippen LogP contribution < -0.4 is 10.6 Å². The van der Waals surface area contributed by atoms with Gasteiger partial charge in [-0.1, -0.05) is 25.1 Å². The van der Waals surface area contributed by atoms with Gasteiger partial charge >= 0.3 is 0 Å². The lowest BCUT2D eigenvalue weighted by atomic mass is 10.1. The molecule has 1 atom stereocenters. The molecule has 0 saturated carbocycles. The molecule has 1 aromatic heterocycles. The van der Waals surface area contributed by atoms with Crippen molar-refractivity contribution in [3.05, 3.63) is 41.4 Å². The minimum absolute atomic E-state index is 0.0549. The lowest BCUT2D eigenvalue weighted by Gasteiger charge is -2.18. The molecule has 0 fully saturated rings. The van der Waals surface area contributed by atoms with E-state index >= 15 is 0 Å². The largest absolute Gasteiger partial charge is 0.373 e. The number of nitrogens with one attached hydrogen (secondary N) is 2. The van der Waals surface area contributed by atoms with E-state index in [0.717, 1.165) is 11.3 Å². The van der Waals surface area contributed by atoms with Crippen molar-refractivity contribution in [3.8, 4) is 0 Å². The van der Waals surface area contributed by atoms with Gasteiger partial charge in [-0.3, -0.25) is 4.79 Å². The number of rotatable bonds is 5. The van der Waals surface area contributed by atoms with Gasteiger partial charge in [0.05, 0.1) is 0 Å². The van der Waals surface area contributed by atoms with Crippen molar-refractivity contribution in [2.75, 3.05) is 10.6 Å². The zero-order valence-corrected chi connectivity index (χ0v) is 11.8. The third-order valence-corrected chi connectivity index (χ3v) is 3.55. The van der Waals surface area contributed by atoms with Crippen LogP contribution in [0.3, 0.4) is 0 Å². The van der Waals surface area contributed by atoms with Crippen molar-refractivity contribution in [1.29, 1.82) is 0 Å². The van der Waals surface area contributed by atoms with E-state index in [9.17, 15) is 4.79 Å². The number of nitrogens with zero attached hydrogens (tertiary/aromatic N) is 1. The first kappa shape index (κ1) is 13.5. The summed E-state index contributed by atoms with van der Waals surface area (Å²) in [4.78, 5) is 16.2. The predicted molar refractivity (Wildman–Crippen MR) is 79.6 cm³/mol. The molecule has 1 heterocycles. The molecule has 0 bridgehead atoms. The first-order valence-corrected chi connectivity index (χ1v) is 7.11. The van der Waals surface area contributed by atoms with Crippen LogP contribution in [0.4, 0.5) is 10.8 Å². The second kappa shape index (κ2) is 6.33. The molecule has 2 N–H and O–H groups in total. The molecule has 0 saturated heterocycles. The Labute approximate surface area is 116 Å². The Hall–Kier alpha value is -1.88. The van der Waals surface area contributed by atoms with Crippen molar-refractivity contribution in [3.63, 3.8) is 0 Å². The number of carbonyl (C=O) groups excluding carboxylic acids is 1. The molecule has 2 rings (SSSR count). The highest BCUT2D eigenvalue weighted by Gasteiger charge is 2.17. The zero-order valence-electron chi connectivity index (χ0n) is 11.0. The number of hydrogen-bond acceptors (Lipinski definition) is 4. The fourth-order valence-electron chi connectivity index (χ4n) is 1.75. The molecular weight excluding hydrogens is 258 g/mol. The number of aromatic nitrogens is 1. The Balaban J connectivity index is 2.04. The fourth-order valence-corrected chi connectivity index (χ4v) is 2.29. The third-order valence-electron chi connectivity index (χ3n) is 2.86. The first-order valence-electron chi connectivity index (χ1n) is 6.23. The summed E-state index contributed by atoms with van der Waals surface area (Å²) >= 11 is 1.42. The van der Waals surface area contributed by atoms with Gasteiger partial charge in [0, 0.05) is 17.3 Å².